The first-order chi connectivity index (χ1) is 11.0. The molecule has 2 aromatic rings. The van der Waals surface area contributed by atoms with Gasteiger partial charge < -0.3 is 5.32 Å². The van der Waals surface area contributed by atoms with E-state index in [-0.39, 0.29) is 11.7 Å². The second-order valence-electron chi connectivity index (χ2n) is 5.43. The van der Waals surface area contributed by atoms with E-state index in [9.17, 15) is 9.18 Å². The van der Waals surface area contributed by atoms with Crippen LogP contribution in [-0.4, -0.2) is 28.0 Å². The van der Waals surface area contributed by atoms with Gasteiger partial charge in [0.15, 0.2) is 0 Å². The van der Waals surface area contributed by atoms with Crippen molar-refractivity contribution in [2.24, 2.45) is 7.05 Å². The fourth-order valence-corrected chi connectivity index (χ4v) is 3.24. The smallest absolute Gasteiger partial charge is 0.220 e. The van der Waals surface area contributed by atoms with E-state index >= 15 is 0 Å². The summed E-state index contributed by atoms with van der Waals surface area (Å²) in [5.41, 5.74) is 3.36. The monoisotopic (exact) mass is 335 g/mol. The normalized spacial score (nSPS) is 10.8. The fraction of sp³-hybridized carbons (Fsp3) is 0.412. The van der Waals surface area contributed by atoms with Crippen LogP contribution < -0.4 is 5.32 Å². The average Bonchev–Trinajstić information content (AvgIpc) is 2.75. The molecule has 1 heterocycles. The molecule has 0 aliphatic heterocycles. The van der Waals surface area contributed by atoms with Gasteiger partial charge in [0.2, 0.25) is 5.91 Å². The molecule has 124 valence electrons. The van der Waals surface area contributed by atoms with Crippen molar-refractivity contribution < 1.29 is 9.18 Å². The van der Waals surface area contributed by atoms with E-state index < -0.39 is 0 Å². The maximum atomic E-state index is 12.8. The number of nitrogens with one attached hydrogen (secondary N) is 1. The molecule has 2 rings (SSSR count). The summed E-state index contributed by atoms with van der Waals surface area (Å²) in [6, 6.07) is 6.32. The van der Waals surface area contributed by atoms with Crippen molar-refractivity contribution in [2.75, 3.05) is 12.3 Å². The number of hydrogen-bond acceptors (Lipinski definition) is 3. The predicted molar refractivity (Wildman–Crippen MR) is 91.1 cm³/mol. The molecule has 0 fully saturated rings. The standard InChI is InChI=1S/C17H22FN3OS/c1-12-16(13(2)21(3)20-12)8-10-19-17(22)9-11-23-15-6-4-14(18)5-7-15/h4-7H,8-11H2,1-3H3,(H,19,22). The number of aryl methyl sites for hydroxylation is 2. The predicted octanol–water partition coefficient (Wildman–Crippen LogP) is 3.02. The van der Waals surface area contributed by atoms with Crippen molar-refractivity contribution >= 4 is 17.7 Å². The average molecular weight is 335 g/mol. The molecule has 0 unspecified atom stereocenters. The molecule has 0 spiro atoms. The Balaban J connectivity index is 1.68. The first kappa shape index (κ1) is 17.5. The number of carbonyl (C=O) groups is 1. The topological polar surface area (TPSA) is 46.9 Å². The van der Waals surface area contributed by atoms with Crippen LogP contribution in [0.2, 0.25) is 0 Å². The SMILES string of the molecule is Cc1nn(C)c(C)c1CCNC(=O)CCSc1ccc(F)cc1. The van der Waals surface area contributed by atoms with E-state index in [2.05, 4.69) is 10.4 Å². The summed E-state index contributed by atoms with van der Waals surface area (Å²) in [5, 5.41) is 7.31. The zero-order valence-corrected chi connectivity index (χ0v) is 14.5. The number of aromatic nitrogens is 2. The van der Waals surface area contributed by atoms with Gasteiger partial charge in [0.25, 0.3) is 0 Å². The molecule has 1 aromatic heterocycles. The van der Waals surface area contributed by atoms with Gasteiger partial charge >= 0.3 is 0 Å². The van der Waals surface area contributed by atoms with Crippen LogP contribution in [-0.2, 0) is 18.3 Å². The van der Waals surface area contributed by atoms with E-state index in [1.54, 1.807) is 23.9 Å². The van der Waals surface area contributed by atoms with Crippen LogP contribution in [0.3, 0.4) is 0 Å². The van der Waals surface area contributed by atoms with Crippen molar-refractivity contribution in [3.8, 4) is 0 Å². The summed E-state index contributed by atoms with van der Waals surface area (Å²) in [5.74, 6) is 0.481. The summed E-state index contributed by atoms with van der Waals surface area (Å²) >= 11 is 1.55. The largest absolute Gasteiger partial charge is 0.356 e. The third kappa shape index (κ3) is 5.10. The highest BCUT2D eigenvalue weighted by molar-refractivity contribution is 7.99. The van der Waals surface area contributed by atoms with Gasteiger partial charge in [-0.2, -0.15) is 5.10 Å². The van der Waals surface area contributed by atoms with Crippen LogP contribution in [0.25, 0.3) is 0 Å². The van der Waals surface area contributed by atoms with Gasteiger partial charge in [0.1, 0.15) is 5.82 Å². The molecule has 1 N–H and O–H groups in total. The minimum absolute atomic E-state index is 0.0406. The van der Waals surface area contributed by atoms with Gasteiger partial charge in [0, 0.05) is 36.4 Å². The van der Waals surface area contributed by atoms with Crippen molar-refractivity contribution in [3.05, 3.63) is 47.0 Å². The number of thioether (sulfide) groups is 1. The molecule has 0 radical (unpaired) electrons. The molecule has 0 atom stereocenters. The van der Waals surface area contributed by atoms with Gasteiger partial charge in [-0.15, -0.1) is 11.8 Å². The summed E-state index contributed by atoms with van der Waals surface area (Å²) in [7, 11) is 1.93. The van der Waals surface area contributed by atoms with Crippen LogP contribution >= 0.6 is 11.8 Å². The lowest BCUT2D eigenvalue weighted by Crippen LogP contribution is -2.26. The van der Waals surface area contributed by atoms with Crippen LogP contribution in [0, 0.1) is 19.7 Å². The fourth-order valence-electron chi connectivity index (χ4n) is 2.39. The van der Waals surface area contributed by atoms with Gasteiger partial charge in [-0.05, 0) is 50.1 Å². The lowest BCUT2D eigenvalue weighted by Gasteiger charge is -2.06. The molecule has 1 aromatic carbocycles. The number of amides is 1. The molecule has 0 saturated carbocycles. The van der Waals surface area contributed by atoms with Crippen molar-refractivity contribution in [3.63, 3.8) is 0 Å². The molecule has 23 heavy (non-hydrogen) atoms. The summed E-state index contributed by atoms with van der Waals surface area (Å²) < 4.78 is 14.7. The Morgan fingerprint density at radius 3 is 2.61 bits per heavy atom. The van der Waals surface area contributed by atoms with Crippen LogP contribution in [0.15, 0.2) is 29.2 Å². The highest BCUT2D eigenvalue weighted by Crippen LogP contribution is 2.18. The molecule has 0 aliphatic rings. The highest BCUT2D eigenvalue weighted by Gasteiger charge is 2.09. The van der Waals surface area contributed by atoms with Crippen LogP contribution in [0.5, 0.6) is 0 Å². The number of halogens is 1. The Morgan fingerprint density at radius 1 is 1.30 bits per heavy atom. The molecule has 0 aliphatic carbocycles. The number of nitrogens with zero attached hydrogens (tertiary/aromatic N) is 2. The zero-order chi connectivity index (χ0) is 16.8. The van der Waals surface area contributed by atoms with Crippen molar-refractivity contribution in [1.82, 2.24) is 15.1 Å². The van der Waals surface area contributed by atoms with Gasteiger partial charge in [0.05, 0.1) is 5.69 Å². The highest BCUT2D eigenvalue weighted by atomic mass is 32.2. The lowest BCUT2D eigenvalue weighted by molar-refractivity contribution is -0.120. The molecule has 0 saturated heterocycles. The second kappa shape index (κ2) is 8.15. The number of hydrogen-bond donors (Lipinski definition) is 1. The Bertz CT molecular complexity index is 667. The van der Waals surface area contributed by atoms with E-state index in [0.717, 1.165) is 22.7 Å². The van der Waals surface area contributed by atoms with Gasteiger partial charge in [-0.1, -0.05) is 0 Å². The summed E-state index contributed by atoms with van der Waals surface area (Å²) in [6.45, 7) is 4.65. The first-order valence-electron chi connectivity index (χ1n) is 7.61. The Morgan fingerprint density at radius 2 is 2.00 bits per heavy atom. The minimum atomic E-state index is -0.243. The van der Waals surface area contributed by atoms with Crippen LogP contribution in [0.1, 0.15) is 23.4 Å². The maximum absolute atomic E-state index is 12.8. The van der Waals surface area contributed by atoms with E-state index in [0.29, 0.717) is 18.7 Å². The number of carbonyl (C=O) groups excluding carboxylic acids is 1. The summed E-state index contributed by atoms with van der Waals surface area (Å²) in [4.78, 5) is 12.8. The molecule has 1 amide bonds. The molecular formula is C17H22FN3OS. The minimum Gasteiger partial charge on any atom is -0.356 e. The molecule has 4 nitrogen and oxygen atoms in total. The Kier molecular flexibility index (Phi) is 6.21. The second-order valence-corrected chi connectivity index (χ2v) is 6.59. The van der Waals surface area contributed by atoms with Gasteiger partial charge in [-0.3, -0.25) is 9.48 Å². The first-order valence-corrected chi connectivity index (χ1v) is 8.60. The van der Waals surface area contributed by atoms with Crippen molar-refractivity contribution in [2.45, 2.75) is 31.6 Å². The summed E-state index contributed by atoms with van der Waals surface area (Å²) in [6.07, 6.45) is 1.25. The number of benzene rings is 1. The molecular weight excluding hydrogens is 313 g/mol. The third-order valence-corrected chi connectivity index (χ3v) is 4.78. The molecule has 0 bridgehead atoms. The third-order valence-electron chi connectivity index (χ3n) is 3.77. The lowest BCUT2D eigenvalue weighted by atomic mass is 10.1. The maximum Gasteiger partial charge on any atom is 0.220 e. The zero-order valence-electron chi connectivity index (χ0n) is 13.7. The van der Waals surface area contributed by atoms with Crippen molar-refractivity contribution in [1.29, 1.82) is 0 Å². The van der Waals surface area contributed by atoms with Crippen LogP contribution in [0.4, 0.5) is 4.39 Å². The van der Waals surface area contributed by atoms with Gasteiger partial charge in [-0.25, -0.2) is 4.39 Å². The Labute approximate surface area is 140 Å². The molecule has 6 heteroatoms. The van der Waals surface area contributed by atoms with E-state index in [1.165, 1.54) is 17.7 Å². The Hall–Kier alpha value is -1.82. The van der Waals surface area contributed by atoms with E-state index in [1.807, 2.05) is 25.6 Å². The quantitative estimate of drug-likeness (QED) is 0.791. The van der Waals surface area contributed by atoms with E-state index in [4.69, 9.17) is 0 Å². The number of rotatable bonds is 7.